The molecule has 1 aromatic rings. The van der Waals surface area contributed by atoms with Gasteiger partial charge in [-0.05, 0) is 0 Å². The molecule has 1 heterocycles. The van der Waals surface area contributed by atoms with Gasteiger partial charge in [0.1, 0.15) is 0 Å². The molecule has 0 bridgehead atoms. The van der Waals surface area contributed by atoms with E-state index >= 15 is 0 Å². The van der Waals surface area contributed by atoms with Gasteiger partial charge in [-0.2, -0.15) is 5.10 Å². The van der Waals surface area contributed by atoms with Gasteiger partial charge in [0, 0.05) is 33.4 Å². The Labute approximate surface area is 117 Å². The van der Waals surface area contributed by atoms with E-state index in [1.807, 2.05) is 0 Å². The number of ether oxygens (including phenoxy) is 2. The standard InChI is InChI=1S/C12H20N4O4/c1-15-8-9(13)11(14-15)12(18)16(6-7-19-2)5-4-10(17)20-3/h8H,4-7,13H2,1-3H3. The molecule has 0 unspecified atom stereocenters. The SMILES string of the molecule is COCCN(CCC(=O)OC)C(=O)c1nn(C)cc1N. The van der Waals surface area contributed by atoms with Gasteiger partial charge in [-0.1, -0.05) is 0 Å². The Bertz CT molecular complexity index is 472. The van der Waals surface area contributed by atoms with Gasteiger partial charge in [-0.15, -0.1) is 0 Å². The van der Waals surface area contributed by atoms with E-state index in [9.17, 15) is 9.59 Å². The Balaban J connectivity index is 2.78. The van der Waals surface area contributed by atoms with Gasteiger partial charge >= 0.3 is 5.97 Å². The fourth-order valence-electron chi connectivity index (χ4n) is 1.67. The zero-order chi connectivity index (χ0) is 15.1. The first kappa shape index (κ1) is 16.0. The van der Waals surface area contributed by atoms with Crippen LogP contribution in [0, 0.1) is 0 Å². The molecular weight excluding hydrogens is 264 g/mol. The fraction of sp³-hybridized carbons (Fsp3) is 0.583. The Hall–Kier alpha value is -2.09. The molecule has 0 aliphatic carbocycles. The van der Waals surface area contributed by atoms with Crippen LogP contribution in [0.4, 0.5) is 5.69 Å². The van der Waals surface area contributed by atoms with E-state index in [0.29, 0.717) is 18.8 Å². The van der Waals surface area contributed by atoms with Crippen molar-refractivity contribution in [1.82, 2.24) is 14.7 Å². The highest BCUT2D eigenvalue weighted by atomic mass is 16.5. The lowest BCUT2D eigenvalue weighted by Crippen LogP contribution is -2.36. The monoisotopic (exact) mass is 284 g/mol. The van der Waals surface area contributed by atoms with Gasteiger partial charge in [0.2, 0.25) is 0 Å². The summed E-state index contributed by atoms with van der Waals surface area (Å²) in [6.45, 7) is 0.937. The lowest BCUT2D eigenvalue weighted by Gasteiger charge is -2.21. The maximum Gasteiger partial charge on any atom is 0.307 e. The number of hydrogen-bond acceptors (Lipinski definition) is 6. The van der Waals surface area contributed by atoms with Gasteiger partial charge < -0.3 is 20.1 Å². The highest BCUT2D eigenvalue weighted by Crippen LogP contribution is 2.12. The van der Waals surface area contributed by atoms with Crippen LogP contribution in [0.25, 0.3) is 0 Å². The Kier molecular flexibility index (Phi) is 5.98. The number of methoxy groups -OCH3 is 2. The average molecular weight is 284 g/mol. The summed E-state index contributed by atoms with van der Waals surface area (Å²) in [4.78, 5) is 25.0. The third kappa shape index (κ3) is 4.23. The first-order valence-corrected chi connectivity index (χ1v) is 6.13. The average Bonchev–Trinajstić information content (AvgIpc) is 2.76. The largest absolute Gasteiger partial charge is 0.469 e. The third-order valence-electron chi connectivity index (χ3n) is 2.73. The molecule has 0 aliphatic rings. The summed E-state index contributed by atoms with van der Waals surface area (Å²) in [7, 11) is 4.53. The summed E-state index contributed by atoms with van der Waals surface area (Å²) >= 11 is 0. The Morgan fingerprint density at radius 1 is 1.40 bits per heavy atom. The molecule has 112 valence electrons. The molecule has 1 aromatic heterocycles. The summed E-state index contributed by atoms with van der Waals surface area (Å²) < 4.78 is 11.0. The van der Waals surface area contributed by atoms with Gasteiger partial charge in [0.05, 0.1) is 25.8 Å². The summed E-state index contributed by atoms with van der Waals surface area (Å²) in [5.74, 6) is -0.710. The highest BCUT2D eigenvalue weighted by Gasteiger charge is 2.21. The molecule has 0 fully saturated rings. The van der Waals surface area contributed by atoms with Gasteiger partial charge in [-0.25, -0.2) is 0 Å². The van der Waals surface area contributed by atoms with Gasteiger partial charge in [-0.3, -0.25) is 14.3 Å². The molecule has 0 saturated heterocycles. The number of rotatable bonds is 7. The minimum atomic E-state index is -0.380. The maximum absolute atomic E-state index is 12.3. The van der Waals surface area contributed by atoms with Crippen molar-refractivity contribution in [2.75, 3.05) is 39.6 Å². The third-order valence-corrected chi connectivity index (χ3v) is 2.73. The number of nitrogen functional groups attached to an aromatic ring is 1. The van der Waals surface area contributed by atoms with Crippen LogP contribution in [0.15, 0.2) is 6.20 Å². The fourth-order valence-corrected chi connectivity index (χ4v) is 1.67. The molecule has 1 rings (SSSR count). The lowest BCUT2D eigenvalue weighted by molar-refractivity contribution is -0.140. The van der Waals surface area contributed by atoms with E-state index in [-0.39, 0.29) is 30.5 Å². The van der Waals surface area contributed by atoms with E-state index < -0.39 is 0 Å². The van der Waals surface area contributed by atoms with Crippen LogP contribution in [-0.4, -0.2) is 60.5 Å². The summed E-state index contributed by atoms with van der Waals surface area (Å²) in [6.07, 6.45) is 1.67. The first-order chi connectivity index (χ1) is 9.49. The van der Waals surface area contributed by atoms with Gasteiger partial charge in [0.15, 0.2) is 5.69 Å². The lowest BCUT2D eigenvalue weighted by atomic mass is 10.3. The topological polar surface area (TPSA) is 99.7 Å². The Morgan fingerprint density at radius 2 is 2.10 bits per heavy atom. The number of anilines is 1. The van der Waals surface area contributed by atoms with Crippen molar-refractivity contribution in [2.45, 2.75) is 6.42 Å². The van der Waals surface area contributed by atoms with E-state index in [1.165, 1.54) is 23.8 Å². The summed E-state index contributed by atoms with van der Waals surface area (Å²) in [5, 5.41) is 4.03. The second-order valence-corrected chi connectivity index (χ2v) is 4.22. The van der Waals surface area contributed by atoms with Crippen molar-refractivity contribution in [3.05, 3.63) is 11.9 Å². The van der Waals surface area contributed by atoms with Crippen molar-refractivity contribution in [2.24, 2.45) is 7.05 Å². The predicted octanol–water partition coefficient (Wildman–Crippen LogP) is -0.346. The number of nitrogens with two attached hydrogens (primary N) is 1. The number of aryl methyl sites for hydroxylation is 1. The second kappa shape index (κ2) is 7.49. The normalized spacial score (nSPS) is 10.3. The molecule has 1 amide bonds. The smallest absolute Gasteiger partial charge is 0.307 e. The van der Waals surface area contributed by atoms with E-state index in [1.54, 1.807) is 13.2 Å². The molecule has 0 saturated carbocycles. The number of esters is 1. The van der Waals surface area contributed by atoms with E-state index in [4.69, 9.17) is 10.5 Å². The molecule has 20 heavy (non-hydrogen) atoms. The summed E-state index contributed by atoms with van der Waals surface area (Å²) in [5.41, 5.74) is 6.22. The molecule has 0 spiro atoms. The molecular formula is C12H20N4O4. The molecule has 0 radical (unpaired) electrons. The van der Waals surface area contributed by atoms with Crippen molar-refractivity contribution in [3.8, 4) is 0 Å². The van der Waals surface area contributed by atoms with Crippen LogP contribution in [0.5, 0.6) is 0 Å². The van der Waals surface area contributed by atoms with Crippen LogP contribution in [0.2, 0.25) is 0 Å². The Morgan fingerprint density at radius 3 is 2.60 bits per heavy atom. The zero-order valence-corrected chi connectivity index (χ0v) is 12.0. The van der Waals surface area contributed by atoms with Crippen LogP contribution >= 0.6 is 0 Å². The number of hydrogen-bond donors (Lipinski definition) is 1. The number of carbonyl (C=O) groups excluding carboxylic acids is 2. The highest BCUT2D eigenvalue weighted by molar-refractivity contribution is 5.97. The quantitative estimate of drug-likeness (QED) is 0.687. The van der Waals surface area contributed by atoms with Crippen LogP contribution in [0.3, 0.4) is 0 Å². The van der Waals surface area contributed by atoms with E-state index in [2.05, 4.69) is 9.84 Å². The van der Waals surface area contributed by atoms with Crippen LogP contribution < -0.4 is 5.73 Å². The number of amides is 1. The predicted molar refractivity (Wildman–Crippen MR) is 72.0 cm³/mol. The molecule has 0 aromatic carbocycles. The molecule has 2 N–H and O–H groups in total. The second-order valence-electron chi connectivity index (χ2n) is 4.22. The van der Waals surface area contributed by atoms with Crippen molar-refractivity contribution < 1.29 is 19.1 Å². The molecule has 8 heteroatoms. The summed E-state index contributed by atoms with van der Waals surface area (Å²) in [6, 6.07) is 0. The molecule has 0 aliphatic heterocycles. The number of carbonyl (C=O) groups is 2. The van der Waals surface area contributed by atoms with Crippen molar-refractivity contribution >= 4 is 17.6 Å². The van der Waals surface area contributed by atoms with Gasteiger partial charge in [0.25, 0.3) is 5.91 Å². The minimum absolute atomic E-state index is 0.110. The number of aromatic nitrogens is 2. The molecule has 8 nitrogen and oxygen atoms in total. The van der Waals surface area contributed by atoms with E-state index in [0.717, 1.165) is 0 Å². The zero-order valence-electron chi connectivity index (χ0n) is 12.0. The maximum atomic E-state index is 12.3. The van der Waals surface area contributed by atoms with Crippen LogP contribution in [0.1, 0.15) is 16.9 Å². The van der Waals surface area contributed by atoms with Crippen molar-refractivity contribution in [3.63, 3.8) is 0 Å². The minimum Gasteiger partial charge on any atom is -0.469 e. The molecule has 0 atom stereocenters. The van der Waals surface area contributed by atoms with Crippen LogP contribution in [-0.2, 0) is 21.3 Å². The number of nitrogens with zero attached hydrogens (tertiary/aromatic N) is 3. The van der Waals surface area contributed by atoms with Crippen molar-refractivity contribution in [1.29, 1.82) is 0 Å². The first-order valence-electron chi connectivity index (χ1n) is 6.13.